The first-order chi connectivity index (χ1) is 12.0. The van der Waals surface area contributed by atoms with Gasteiger partial charge in [0.1, 0.15) is 0 Å². The van der Waals surface area contributed by atoms with E-state index in [4.69, 9.17) is 4.42 Å². The number of furan rings is 1. The number of aromatic nitrogens is 3. The second kappa shape index (κ2) is 7.14. The Kier molecular flexibility index (Phi) is 4.94. The number of rotatable bonds is 5. The molecule has 1 atom stereocenters. The van der Waals surface area contributed by atoms with Crippen molar-refractivity contribution in [1.82, 2.24) is 14.8 Å². The summed E-state index contributed by atoms with van der Waals surface area (Å²) in [6, 6.07) is 9.58. The number of para-hydroxylation sites is 1. The lowest BCUT2D eigenvalue weighted by Gasteiger charge is -2.15. The minimum Gasteiger partial charge on any atom is -0.461 e. The summed E-state index contributed by atoms with van der Waals surface area (Å²) >= 11 is 1.36. The molecule has 6 nitrogen and oxygen atoms in total. The fourth-order valence-electron chi connectivity index (χ4n) is 2.49. The van der Waals surface area contributed by atoms with E-state index in [1.54, 1.807) is 12.3 Å². The summed E-state index contributed by atoms with van der Waals surface area (Å²) in [5.41, 5.74) is 2.96. The van der Waals surface area contributed by atoms with Crippen molar-refractivity contribution >= 4 is 23.4 Å². The molecule has 2 aromatic heterocycles. The Morgan fingerprint density at radius 1 is 1.20 bits per heavy atom. The molecule has 3 rings (SSSR count). The zero-order valence-electron chi connectivity index (χ0n) is 14.6. The molecule has 0 spiro atoms. The number of nitrogens with zero attached hydrogens (tertiary/aromatic N) is 3. The van der Waals surface area contributed by atoms with E-state index in [1.807, 2.05) is 56.7 Å². The third-order valence-corrected chi connectivity index (χ3v) is 5.09. The van der Waals surface area contributed by atoms with Gasteiger partial charge < -0.3 is 14.3 Å². The van der Waals surface area contributed by atoms with E-state index >= 15 is 0 Å². The third-order valence-electron chi connectivity index (χ3n) is 3.96. The summed E-state index contributed by atoms with van der Waals surface area (Å²) in [5.74, 6) is 1.22. The van der Waals surface area contributed by atoms with Crippen LogP contribution in [-0.2, 0) is 11.8 Å². The number of carbonyl (C=O) groups is 1. The largest absolute Gasteiger partial charge is 0.461 e. The Morgan fingerprint density at radius 3 is 2.56 bits per heavy atom. The Balaban J connectivity index is 1.72. The van der Waals surface area contributed by atoms with Crippen LogP contribution >= 0.6 is 11.8 Å². The van der Waals surface area contributed by atoms with Crippen molar-refractivity contribution in [3.63, 3.8) is 0 Å². The normalized spacial score (nSPS) is 12.2. The number of hydrogen-bond donors (Lipinski definition) is 1. The van der Waals surface area contributed by atoms with Gasteiger partial charge in [0.15, 0.2) is 16.7 Å². The van der Waals surface area contributed by atoms with E-state index < -0.39 is 0 Å². The average Bonchev–Trinajstić information content (AvgIpc) is 3.21. The zero-order valence-corrected chi connectivity index (χ0v) is 15.4. The molecule has 0 bridgehead atoms. The number of amides is 1. The van der Waals surface area contributed by atoms with Gasteiger partial charge in [-0.3, -0.25) is 4.79 Å². The van der Waals surface area contributed by atoms with Gasteiger partial charge in [0.05, 0.1) is 11.5 Å². The Bertz CT molecular complexity index is 866. The van der Waals surface area contributed by atoms with Crippen LogP contribution in [0.3, 0.4) is 0 Å². The number of thioether (sulfide) groups is 1. The van der Waals surface area contributed by atoms with Crippen LogP contribution in [0.1, 0.15) is 18.1 Å². The van der Waals surface area contributed by atoms with Crippen molar-refractivity contribution in [2.24, 2.45) is 7.05 Å². The average molecular weight is 356 g/mol. The molecule has 25 heavy (non-hydrogen) atoms. The van der Waals surface area contributed by atoms with Gasteiger partial charge in [-0.15, -0.1) is 10.2 Å². The highest BCUT2D eigenvalue weighted by Crippen LogP contribution is 2.27. The molecule has 130 valence electrons. The van der Waals surface area contributed by atoms with Crippen molar-refractivity contribution in [3.05, 3.63) is 47.7 Å². The molecule has 0 fully saturated rings. The molecule has 0 aliphatic rings. The van der Waals surface area contributed by atoms with Gasteiger partial charge >= 0.3 is 0 Å². The van der Waals surface area contributed by atoms with E-state index in [1.165, 1.54) is 11.8 Å². The second-order valence-corrected chi connectivity index (χ2v) is 7.17. The number of aryl methyl sites for hydroxylation is 2. The zero-order chi connectivity index (χ0) is 18.0. The first-order valence-corrected chi connectivity index (χ1v) is 8.82. The lowest BCUT2D eigenvalue weighted by Crippen LogP contribution is -2.23. The standard InChI is InChI=1S/C18H20N4O2S/c1-11-7-5-8-12(2)15(11)19-17(23)13(3)25-18-21-20-16(22(18)4)14-9-6-10-24-14/h5-10,13H,1-4H3,(H,19,23)/t13-/m1/s1. The quantitative estimate of drug-likeness (QED) is 0.704. The van der Waals surface area contributed by atoms with Crippen LogP contribution in [0.25, 0.3) is 11.6 Å². The van der Waals surface area contributed by atoms with E-state index in [0.29, 0.717) is 16.7 Å². The van der Waals surface area contributed by atoms with E-state index in [-0.39, 0.29) is 11.2 Å². The van der Waals surface area contributed by atoms with Crippen molar-refractivity contribution in [3.8, 4) is 11.6 Å². The van der Waals surface area contributed by atoms with Crippen LogP contribution in [0.5, 0.6) is 0 Å². The number of benzene rings is 1. The first-order valence-electron chi connectivity index (χ1n) is 7.94. The summed E-state index contributed by atoms with van der Waals surface area (Å²) < 4.78 is 7.19. The summed E-state index contributed by atoms with van der Waals surface area (Å²) in [6.07, 6.45) is 1.59. The van der Waals surface area contributed by atoms with Crippen LogP contribution in [0, 0.1) is 13.8 Å². The smallest absolute Gasteiger partial charge is 0.237 e. The van der Waals surface area contributed by atoms with Crippen LogP contribution in [0.2, 0.25) is 0 Å². The maximum Gasteiger partial charge on any atom is 0.237 e. The minimum atomic E-state index is -0.314. The molecule has 1 N–H and O–H groups in total. The monoisotopic (exact) mass is 356 g/mol. The van der Waals surface area contributed by atoms with Crippen LogP contribution in [-0.4, -0.2) is 25.9 Å². The predicted molar refractivity (Wildman–Crippen MR) is 98.6 cm³/mol. The van der Waals surface area contributed by atoms with Crippen LogP contribution in [0.15, 0.2) is 46.2 Å². The molecule has 7 heteroatoms. The SMILES string of the molecule is Cc1cccc(C)c1NC(=O)[C@@H](C)Sc1nnc(-c2ccco2)n1C. The molecular weight excluding hydrogens is 336 g/mol. The van der Waals surface area contributed by atoms with Crippen molar-refractivity contribution in [2.45, 2.75) is 31.2 Å². The molecular formula is C18H20N4O2S. The Hall–Kier alpha value is -2.54. The van der Waals surface area contributed by atoms with Gasteiger partial charge in [0.25, 0.3) is 0 Å². The molecule has 0 radical (unpaired) electrons. The second-order valence-electron chi connectivity index (χ2n) is 5.86. The molecule has 0 aliphatic carbocycles. The van der Waals surface area contributed by atoms with Gasteiger partial charge in [-0.05, 0) is 44.0 Å². The fourth-order valence-corrected chi connectivity index (χ4v) is 3.30. The summed E-state index contributed by atoms with van der Waals surface area (Å²) in [4.78, 5) is 12.6. The van der Waals surface area contributed by atoms with Crippen molar-refractivity contribution in [2.75, 3.05) is 5.32 Å². The molecule has 1 amide bonds. The summed E-state index contributed by atoms with van der Waals surface area (Å²) in [7, 11) is 1.86. The van der Waals surface area contributed by atoms with Gasteiger partial charge in [-0.2, -0.15) is 0 Å². The van der Waals surface area contributed by atoms with Crippen LogP contribution in [0.4, 0.5) is 5.69 Å². The lowest BCUT2D eigenvalue weighted by atomic mass is 10.1. The van der Waals surface area contributed by atoms with E-state index in [2.05, 4.69) is 15.5 Å². The number of carbonyl (C=O) groups excluding carboxylic acids is 1. The highest BCUT2D eigenvalue weighted by molar-refractivity contribution is 8.00. The van der Waals surface area contributed by atoms with Crippen LogP contribution < -0.4 is 5.32 Å². The van der Waals surface area contributed by atoms with Gasteiger partial charge in [-0.1, -0.05) is 30.0 Å². The Labute approximate surface area is 150 Å². The van der Waals surface area contributed by atoms with Gasteiger partial charge in [0.2, 0.25) is 5.91 Å². The molecule has 0 saturated carbocycles. The number of anilines is 1. The minimum absolute atomic E-state index is 0.0649. The lowest BCUT2D eigenvalue weighted by molar-refractivity contribution is -0.115. The van der Waals surface area contributed by atoms with Gasteiger partial charge in [-0.25, -0.2) is 0 Å². The maximum atomic E-state index is 12.6. The highest BCUT2D eigenvalue weighted by atomic mass is 32.2. The summed E-state index contributed by atoms with van der Waals surface area (Å²) in [5, 5.41) is 11.7. The predicted octanol–water partition coefficient (Wildman–Crippen LogP) is 3.81. The molecule has 3 aromatic rings. The first kappa shape index (κ1) is 17.3. The maximum absolute atomic E-state index is 12.6. The molecule has 2 heterocycles. The van der Waals surface area contributed by atoms with Crippen molar-refractivity contribution < 1.29 is 9.21 Å². The number of hydrogen-bond acceptors (Lipinski definition) is 5. The van der Waals surface area contributed by atoms with Crippen molar-refractivity contribution in [1.29, 1.82) is 0 Å². The van der Waals surface area contributed by atoms with E-state index in [9.17, 15) is 4.79 Å². The summed E-state index contributed by atoms with van der Waals surface area (Å²) in [6.45, 7) is 5.83. The number of nitrogens with one attached hydrogen (secondary N) is 1. The fraction of sp³-hybridized carbons (Fsp3) is 0.278. The Morgan fingerprint density at radius 2 is 1.92 bits per heavy atom. The molecule has 1 aromatic carbocycles. The highest BCUT2D eigenvalue weighted by Gasteiger charge is 2.21. The third kappa shape index (κ3) is 3.61. The molecule has 0 saturated heterocycles. The topological polar surface area (TPSA) is 73.0 Å². The van der Waals surface area contributed by atoms with E-state index in [0.717, 1.165) is 16.8 Å². The molecule has 0 unspecified atom stereocenters. The van der Waals surface area contributed by atoms with Gasteiger partial charge in [0, 0.05) is 12.7 Å². The molecule has 0 aliphatic heterocycles.